The van der Waals surface area contributed by atoms with E-state index in [1.54, 1.807) is 6.20 Å². The van der Waals surface area contributed by atoms with E-state index in [2.05, 4.69) is 45.7 Å². The number of pyridine rings is 1. The van der Waals surface area contributed by atoms with Crippen LogP contribution >= 0.6 is 0 Å². The number of nitrogens with one attached hydrogen (secondary N) is 1. The highest BCUT2D eigenvalue weighted by molar-refractivity contribution is 5.61. The van der Waals surface area contributed by atoms with Crippen molar-refractivity contribution in [3.05, 3.63) is 72.3 Å². The molecule has 2 aromatic heterocycles. The Balaban J connectivity index is 1.75. The van der Waals surface area contributed by atoms with Crippen molar-refractivity contribution < 1.29 is 0 Å². The zero-order valence-corrected chi connectivity index (χ0v) is 12.9. The van der Waals surface area contributed by atoms with Crippen LogP contribution in [0.3, 0.4) is 0 Å². The van der Waals surface area contributed by atoms with Crippen molar-refractivity contribution in [3.8, 4) is 11.1 Å². The standard InChI is InChI=1S/C18H20N4/c1-19-18(16-4-3-9-20-11-16)10-14-5-7-15(8-6-14)17-12-21-22(2)13-17/h3-9,11-13,18-19H,10H2,1-2H3. The molecule has 0 spiro atoms. The van der Waals surface area contributed by atoms with Gasteiger partial charge >= 0.3 is 0 Å². The maximum atomic E-state index is 4.22. The topological polar surface area (TPSA) is 42.7 Å². The maximum Gasteiger partial charge on any atom is 0.0568 e. The molecule has 22 heavy (non-hydrogen) atoms. The first-order valence-electron chi connectivity index (χ1n) is 7.41. The van der Waals surface area contributed by atoms with Crippen LogP contribution in [-0.2, 0) is 13.5 Å². The average molecular weight is 292 g/mol. The summed E-state index contributed by atoms with van der Waals surface area (Å²) in [5.74, 6) is 0. The summed E-state index contributed by atoms with van der Waals surface area (Å²) >= 11 is 0. The molecule has 1 unspecified atom stereocenters. The summed E-state index contributed by atoms with van der Waals surface area (Å²) in [4.78, 5) is 4.20. The Hall–Kier alpha value is -2.46. The molecule has 4 nitrogen and oxygen atoms in total. The summed E-state index contributed by atoms with van der Waals surface area (Å²) in [5, 5.41) is 7.58. The van der Waals surface area contributed by atoms with Crippen LogP contribution in [0.2, 0.25) is 0 Å². The predicted octanol–water partition coefficient (Wildman–Crippen LogP) is 2.99. The molecule has 3 rings (SSSR count). The normalized spacial score (nSPS) is 12.3. The number of aromatic nitrogens is 3. The fourth-order valence-electron chi connectivity index (χ4n) is 2.61. The maximum absolute atomic E-state index is 4.22. The van der Waals surface area contributed by atoms with Gasteiger partial charge in [0.2, 0.25) is 0 Å². The summed E-state index contributed by atoms with van der Waals surface area (Å²) in [7, 11) is 3.92. The molecule has 0 amide bonds. The lowest BCUT2D eigenvalue weighted by Crippen LogP contribution is -2.18. The molecule has 0 fully saturated rings. The molecular formula is C18H20N4. The minimum Gasteiger partial charge on any atom is -0.313 e. The second-order valence-electron chi connectivity index (χ2n) is 5.43. The van der Waals surface area contributed by atoms with Crippen LogP contribution in [0.4, 0.5) is 0 Å². The van der Waals surface area contributed by atoms with Crippen molar-refractivity contribution in [1.29, 1.82) is 0 Å². The highest BCUT2D eigenvalue weighted by atomic mass is 15.2. The zero-order chi connectivity index (χ0) is 15.4. The molecule has 0 aliphatic heterocycles. The van der Waals surface area contributed by atoms with Crippen LogP contribution in [0.15, 0.2) is 61.2 Å². The summed E-state index contributed by atoms with van der Waals surface area (Å²) in [6.07, 6.45) is 8.59. The summed E-state index contributed by atoms with van der Waals surface area (Å²) in [6.45, 7) is 0. The molecule has 2 heterocycles. The van der Waals surface area contributed by atoms with Gasteiger partial charge in [0.15, 0.2) is 0 Å². The van der Waals surface area contributed by atoms with Crippen LogP contribution in [0, 0.1) is 0 Å². The van der Waals surface area contributed by atoms with Gasteiger partial charge in [-0.05, 0) is 36.2 Å². The highest BCUT2D eigenvalue weighted by Crippen LogP contribution is 2.22. The Morgan fingerprint density at radius 3 is 2.50 bits per heavy atom. The van der Waals surface area contributed by atoms with Crippen LogP contribution in [0.25, 0.3) is 11.1 Å². The van der Waals surface area contributed by atoms with E-state index in [0.29, 0.717) is 0 Å². The third kappa shape index (κ3) is 3.23. The molecule has 0 saturated heterocycles. The van der Waals surface area contributed by atoms with Crippen LogP contribution in [0.1, 0.15) is 17.2 Å². The third-order valence-corrected chi connectivity index (χ3v) is 3.87. The Labute approximate surface area is 130 Å². The molecule has 1 aromatic carbocycles. The zero-order valence-electron chi connectivity index (χ0n) is 12.9. The van der Waals surface area contributed by atoms with Crippen molar-refractivity contribution in [3.63, 3.8) is 0 Å². The summed E-state index contributed by atoms with van der Waals surface area (Å²) < 4.78 is 1.82. The fraction of sp³-hybridized carbons (Fsp3) is 0.222. The number of hydrogen-bond acceptors (Lipinski definition) is 3. The van der Waals surface area contributed by atoms with Gasteiger partial charge in [-0.15, -0.1) is 0 Å². The minimum absolute atomic E-state index is 0.276. The lowest BCUT2D eigenvalue weighted by Gasteiger charge is -2.16. The Morgan fingerprint density at radius 1 is 1.09 bits per heavy atom. The van der Waals surface area contributed by atoms with Crippen LogP contribution in [0.5, 0.6) is 0 Å². The monoisotopic (exact) mass is 292 g/mol. The van der Waals surface area contributed by atoms with Gasteiger partial charge in [-0.1, -0.05) is 30.3 Å². The number of nitrogens with zero attached hydrogens (tertiary/aromatic N) is 3. The highest BCUT2D eigenvalue weighted by Gasteiger charge is 2.10. The second kappa shape index (κ2) is 6.54. The molecule has 0 radical (unpaired) electrons. The lowest BCUT2D eigenvalue weighted by atomic mass is 9.98. The van der Waals surface area contributed by atoms with Gasteiger partial charge in [-0.25, -0.2) is 0 Å². The molecule has 0 bridgehead atoms. The van der Waals surface area contributed by atoms with Crippen molar-refractivity contribution in [1.82, 2.24) is 20.1 Å². The number of hydrogen-bond donors (Lipinski definition) is 1. The quantitative estimate of drug-likeness (QED) is 0.786. The molecular weight excluding hydrogens is 272 g/mol. The van der Waals surface area contributed by atoms with Crippen LogP contribution < -0.4 is 5.32 Å². The second-order valence-corrected chi connectivity index (χ2v) is 5.43. The van der Waals surface area contributed by atoms with E-state index in [1.165, 1.54) is 16.7 Å². The average Bonchev–Trinajstić information content (AvgIpc) is 3.00. The van der Waals surface area contributed by atoms with E-state index < -0.39 is 0 Å². The number of likely N-dealkylation sites (N-methyl/N-ethyl adjacent to an activating group) is 1. The largest absolute Gasteiger partial charge is 0.313 e. The Bertz CT molecular complexity index is 716. The lowest BCUT2D eigenvalue weighted by molar-refractivity contribution is 0.590. The van der Waals surface area contributed by atoms with Crippen molar-refractivity contribution in [2.75, 3.05) is 7.05 Å². The van der Waals surface area contributed by atoms with Crippen molar-refractivity contribution in [2.24, 2.45) is 7.05 Å². The molecule has 1 N–H and O–H groups in total. The van der Waals surface area contributed by atoms with E-state index in [4.69, 9.17) is 0 Å². The molecule has 0 aliphatic carbocycles. The molecule has 112 valence electrons. The molecule has 1 atom stereocenters. The van der Waals surface area contributed by atoms with Gasteiger partial charge in [-0.2, -0.15) is 5.10 Å². The Kier molecular flexibility index (Phi) is 4.30. The SMILES string of the molecule is CNC(Cc1ccc(-c2cnn(C)c2)cc1)c1cccnc1. The molecule has 4 heteroatoms. The van der Waals surface area contributed by atoms with Crippen molar-refractivity contribution in [2.45, 2.75) is 12.5 Å². The molecule has 0 aliphatic rings. The molecule has 3 aromatic rings. The summed E-state index contributed by atoms with van der Waals surface area (Å²) in [5.41, 5.74) is 4.85. The summed E-state index contributed by atoms with van der Waals surface area (Å²) in [6, 6.07) is 13.0. The van der Waals surface area contributed by atoms with Crippen molar-refractivity contribution >= 4 is 0 Å². The van der Waals surface area contributed by atoms with E-state index in [0.717, 1.165) is 12.0 Å². The minimum atomic E-state index is 0.276. The number of rotatable bonds is 5. The first kappa shape index (κ1) is 14.5. The van der Waals surface area contributed by atoms with Crippen LogP contribution in [-0.4, -0.2) is 21.8 Å². The van der Waals surface area contributed by atoms with E-state index in [9.17, 15) is 0 Å². The van der Waals surface area contributed by atoms with E-state index in [1.807, 2.05) is 43.4 Å². The van der Waals surface area contributed by atoms with E-state index >= 15 is 0 Å². The molecule has 0 saturated carbocycles. The first-order chi connectivity index (χ1) is 10.8. The van der Waals surface area contributed by atoms with Gasteiger partial charge in [0, 0.05) is 37.2 Å². The van der Waals surface area contributed by atoms with Gasteiger partial charge in [0.05, 0.1) is 6.20 Å². The number of benzene rings is 1. The van der Waals surface area contributed by atoms with Gasteiger partial charge in [0.25, 0.3) is 0 Å². The fourth-order valence-corrected chi connectivity index (χ4v) is 2.61. The van der Waals surface area contributed by atoms with E-state index in [-0.39, 0.29) is 6.04 Å². The van der Waals surface area contributed by atoms with Gasteiger partial charge in [0.1, 0.15) is 0 Å². The van der Waals surface area contributed by atoms with Gasteiger partial charge < -0.3 is 5.32 Å². The Morgan fingerprint density at radius 2 is 1.91 bits per heavy atom. The number of aryl methyl sites for hydroxylation is 1. The predicted molar refractivity (Wildman–Crippen MR) is 88.4 cm³/mol. The smallest absolute Gasteiger partial charge is 0.0568 e. The third-order valence-electron chi connectivity index (χ3n) is 3.87. The first-order valence-corrected chi connectivity index (χ1v) is 7.41. The van der Waals surface area contributed by atoms with Gasteiger partial charge in [-0.3, -0.25) is 9.67 Å².